The summed E-state index contributed by atoms with van der Waals surface area (Å²) >= 11 is 0. The van der Waals surface area contributed by atoms with Gasteiger partial charge in [-0.15, -0.1) is 0 Å². The monoisotopic (exact) mass is 918 g/mol. The zero-order valence-corrected chi connectivity index (χ0v) is 37.8. The van der Waals surface area contributed by atoms with Crippen molar-refractivity contribution in [2.75, 3.05) is 0 Å². The predicted molar refractivity (Wildman–Crippen MR) is 289 cm³/mol. The molecule has 0 saturated heterocycles. The summed E-state index contributed by atoms with van der Waals surface area (Å²) in [6.07, 6.45) is 5.28. The first kappa shape index (κ1) is 32.2. The van der Waals surface area contributed by atoms with Crippen molar-refractivity contribution in [1.82, 2.24) is 14.1 Å². The van der Waals surface area contributed by atoms with Crippen molar-refractivity contribution in [2.45, 2.75) is 0 Å². The van der Waals surface area contributed by atoms with Crippen molar-refractivity contribution in [3.05, 3.63) is 273 Å². The largest absolute Gasteiger partial charge is 0.457 e. The third-order valence-corrected chi connectivity index (χ3v) is 12.8. The van der Waals surface area contributed by atoms with Crippen LogP contribution in [0.15, 0.2) is 267 Å². The van der Waals surface area contributed by atoms with E-state index < -0.39 is 60.4 Å². The molecular weight excluding hydrogens is 865 g/mol. The average molecular weight is 919 g/mol. The quantitative estimate of drug-likeness (QED) is 0.101. The van der Waals surface area contributed by atoms with Crippen LogP contribution in [0.1, 0.15) is 13.7 Å². The summed E-state index contributed by atoms with van der Waals surface area (Å²) in [5.41, 5.74) is 9.77. The molecule has 10 aromatic carbocycles. The lowest BCUT2D eigenvalue weighted by molar-refractivity contribution is -0.571. The first-order valence-electron chi connectivity index (χ1n) is 28.1. The Morgan fingerprint density at radius 2 is 1.04 bits per heavy atom. The summed E-state index contributed by atoms with van der Waals surface area (Å²) in [7, 11) is 0. The van der Waals surface area contributed by atoms with Gasteiger partial charge in [0.05, 0.1) is 47.1 Å². The van der Waals surface area contributed by atoms with Crippen molar-refractivity contribution in [2.24, 2.45) is 0 Å². The molecule has 0 aliphatic carbocycles. The maximum Gasteiger partial charge on any atom is 0.269 e. The fourth-order valence-corrected chi connectivity index (χ4v) is 9.60. The second-order valence-corrected chi connectivity index (χ2v) is 17.0. The molecule has 334 valence electrons. The maximum absolute atomic E-state index is 9.13. The second-order valence-electron chi connectivity index (χ2n) is 17.0. The van der Waals surface area contributed by atoms with E-state index in [0.717, 1.165) is 61.0 Å². The highest BCUT2D eigenvalue weighted by molar-refractivity contribution is 6.11. The van der Waals surface area contributed by atoms with Crippen molar-refractivity contribution in [3.8, 4) is 84.3 Å². The highest BCUT2D eigenvalue weighted by atomic mass is 16.5. The van der Waals surface area contributed by atoms with Crippen molar-refractivity contribution >= 4 is 32.8 Å². The molecule has 13 aromatic rings. The molecule has 0 bridgehead atoms. The number of aromatic nitrogens is 4. The van der Waals surface area contributed by atoms with Gasteiger partial charge in [0.25, 0.3) is 6.33 Å². The minimum absolute atomic E-state index is 0.140. The number of pyridine rings is 1. The normalized spacial score (nSPS) is 13.4. The Bertz CT molecular complexity index is 4480. The van der Waals surface area contributed by atoms with Crippen LogP contribution in [0.3, 0.4) is 0 Å². The SMILES string of the molecule is [2H]c1c([2H])c([2H])c(-c2cccc(-c3c([2H])c([2H])c([2H])c([2H])c3[2H])c2-[n+]2[c-]n(-c3cccc(Oc4cc5c(cc4-c4cc(-c6ccccc6)cc(-c6ccccc6)c4)c4ccccc4n5-c4ccccn4)c3)c3ccccc32)c([2H])c1[2H]. The van der Waals surface area contributed by atoms with E-state index in [1.54, 1.807) is 29.0 Å². The molecule has 0 saturated carbocycles. The smallest absolute Gasteiger partial charge is 0.269 e. The standard InChI is InChI=1S/C66H44N4O/c1-5-21-46(22-6-1)50-39-51(47-23-7-2-8-24-47)41-52(40-50)58-43-59-57-31-13-14-34-60(57)70(65-37-17-18-38-67-65)63(59)44-64(58)71-54-30-19-29-53(42-54)68-45-69(62-36-16-15-35-61(62)68)66-55(48-25-9-3-10-26-48)32-20-33-56(66)49-27-11-4-12-28-49/h1-44H/i3D,4D,9D,10D,11D,12D,25D,26D,27D,28D. The Kier molecular flexibility index (Phi) is 8.09. The fourth-order valence-electron chi connectivity index (χ4n) is 9.60. The van der Waals surface area contributed by atoms with Gasteiger partial charge in [0, 0.05) is 28.6 Å². The minimum atomic E-state index is -0.574. The lowest BCUT2D eigenvalue weighted by Gasteiger charge is -2.17. The molecule has 0 N–H and O–H groups in total. The number of imidazole rings is 1. The first-order valence-corrected chi connectivity index (χ1v) is 23.1. The number of rotatable bonds is 10. The van der Waals surface area contributed by atoms with Gasteiger partial charge in [0.2, 0.25) is 0 Å². The van der Waals surface area contributed by atoms with Crippen LogP contribution < -0.4 is 9.30 Å². The molecule has 0 atom stereocenters. The summed E-state index contributed by atoms with van der Waals surface area (Å²) in [4.78, 5) is 4.81. The third kappa shape index (κ3) is 7.63. The van der Waals surface area contributed by atoms with Gasteiger partial charge in [0.15, 0.2) is 0 Å². The van der Waals surface area contributed by atoms with Gasteiger partial charge in [-0.3, -0.25) is 13.7 Å². The van der Waals surface area contributed by atoms with Gasteiger partial charge in [0.1, 0.15) is 17.3 Å². The molecular formula is C66H44N4O. The zero-order chi connectivity index (χ0) is 55.8. The Morgan fingerprint density at radius 3 is 1.72 bits per heavy atom. The van der Waals surface area contributed by atoms with Gasteiger partial charge < -0.3 is 4.74 Å². The lowest BCUT2D eigenvalue weighted by atomic mass is 9.92. The van der Waals surface area contributed by atoms with Crippen molar-refractivity contribution < 1.29 is 23.0 Å². The van der Waals surface area contributed by atoms with Gasteiger partial charge >= 0.3 is 0 Å². The molecule has 0 aliphatic heterocycles. The average Bonchev–Trinajstić information content (AvgIpc) is 4.22. The molecule has 5 nitrogen and oxygen atoms in total. The lowest BCUT2D eigenvalue weighted by Crippen LogP contribution is -2.31. The zero-order valence-electron chi connectivity index (χ0n) is 47.8. The van der Waals surface area contributed by atoms with Crippen LogP contribution in [-0.4, -0.2) is 14.1 Å². The Labute approximate surface area is 426 Å². The van der Waals surface area contributed by atoms with E-state index >= 15 is 0 Å². The van der Waals surface area contributed by atoms with E-state index in [2.05, 4.69) is 77.6 Å². The summed E-state index contributed by atoms with van der Waals surface area (Å²) in [5.74, 6) is 1.79. The van der Waals surface area contributed by atoms with Crippen LogP contribution in [0.5, 0.6) is 11.5 Å². The topological polar surface area (TPSA) is 35.9 Å². The first-order chi connectivity index (χ1) is 39.4. The van der Waals surface area contributed by atoms with E-state index in [4.69, 9.17) is 23.4 Å². The molecule has 5 heteroatoms. The molecule has 13 rings (SSSR count). The molecule has 0 aliphatic rings. The molecule has 0 fully saturated rings. The van der Waals surface area contributed by atoms with Gasteiger partial charge in [-0.1, -0.05) is 194 Å². The molecule has 3 aromatic heterocycles. The van der Waals surface area contributed by atoms with E-state index in [0.29, 0.717) is 28.2 Å². The highest BCUT2D eigenvalue weighted by Crippen LogP contribution is 2.44. The van der Waals surface area contributed by atoms with Crippen molar-refractivity contribution in [1.29, 1.82) is 0 Å². The van der Waals surface area contributed by atoms with E-state index in [1.807, 2.05) is 120 Å². The van der Waals surface area contributed by atoms with Crippen LogP contribution in [0.2, 0.25) is 0 Å². The number of para-hydroxylation sites is 4. The Morgan fingerprint density at radius 1 is 0.437 bits per heavy atom. The molecule has 0 unspecified atom stereocenters. The molecule has 0 amide bonds. The number of ether oxygens (including phenoxy) is 1. The number of hydrogen-bond acceptors (Lipinski definition) is 2. The summed E-state index contributed by atoms with van der Waals surface area (Å²) in [5, 5.41) is 2.05. The molecule has 0 spiro atoms. The van der Waals surface area contributed by atoms with Crippen molar-refractivity contribution in [3.63, 3.8) is 0 Å². The number of nitrogens with zero attached hydrogens (tertiary/aromatic N) is 4. The van der Waals surface area contributed by atoms with Crippen LogP contribution in [0, 0.1) is 6.33 Å². The molecule has 71 heavy (non-hydrogen) atoms. The highest BCUT2D eigenvalue weighted by Gasteiger charge is 2.22. The van der Waals surface area contributed by atoms with E-state index in [1.165, 1.54) is 0 Å². The molecule has 0 radical (unpaired) electrons. The summed E-state index contributed by atoms with van der Waals surface area (Å²) < 4.78 is 101. The van der Waals surface area contributed by atoms with E-state index in [-0.39, 0.29) is 27.9 Å². The van der Waals surface area contributed by atoms with Crippen LogP contribution in [0.25, 0.3) is 106 Å². The number of fused-ring (bicyclic) bond motifs is 4. The minimum Gasteiger partial charge on any atom is -0.457 e. The van der Waals surface area contributed by atoms with Crippen LogP contribution in [-0.2, 0) is 0 Å². The van der Waals surface area contributed by atoms with Crippen LogP contribution >= 0.6 is 0 Å². The van der Waals surface area contributed by atoms with Crippen LogP contribution in [0.4, 0.5) is 0 Å². The van der Waals surface area contributed by atoms with Gasteiger partial charge in [-0.25, -0.2) is 4.98 Å². The Balaban J connectivity index is 1.03. The summed E-state index contributed by atoms with van der Waals surface area (Å²) in [6, 6.07) is 60.1. The van der Waals surface area contributed by atoms with E-state index in [9.17, 15) is 0 Å². The number of hydrogen-bond donors (Lipinski definition) is 0. The second kappa shape index (κ2) is 17.8. The van der Waals surface area contributed by atoms with Gasteiger partial charge in [-0.05, 0) is 111 Å². The third-order valence-electron chi connectivity index (χ3n) is 12.8. The van der Waals surface area contributed by atoms with Gasteiger partial charge in [-0.2, -0.15) is 0 Å². The summed E-state index contributed by atoms with van der Waals surface area (Å²) in [6.45, 7) is 0. The molecule has 3 heterocycles. The predicted octanol–water partition coefficient (Wildman–Crippen LogP) is 16.3. The number of benzene rings is 10. The Hall–Kier alpha value is -9.58. The maximum atomic E-state index is 9.13. The fraction of sp³-hybridized carbons (Fsp3) is 0.